The molecule has 0 saturated carbocycles. The molecular weight excluding hydrogens is 160 g/mol. The van der Waals surface area contributed by atoms with Crippen LogP contribution in [0.4, 0.5) is 0 Å². The summed E-state index contributed by atoms with van der Waals surface area (Å²) >= 11 is 0. The Balaban J connectivity index is 2.58. The Kier molecular flexibility index (Phi) is 3.20. The van der Waals surface area contributed by atoms with E-state index in [9.17, 15) is 4.79 Å². The van der Waals surface area contributed by atoms with E-state index in [4.69, 9.17) is 14.2 Å². The first kappa shape index (κ1) is 9.64. The predicted octanol–water partition coefficient (Wildman–Crippen LogP) is 0.352. The lowest BCUT2D eigenvalue weighted by Gasteiger charge is -2.30. The molecule has 0 spiro atoms. The summed E-state index contributed by atoms with van der Waals surface area (Å²) in [5.74, 6) is -0.00852. The second-order valence-corrected chi connectivity index (χ2v) is 2.81. The zero-order chi connectivity index (χ0) is 9.14. The second kappa shape index (κ2) is 3.98. The Hall–Kier alpha value is -0.450. The molecule has 0 radical (unpaired) electrons. The zero-order valence-electron chi connectivity index (χ0n) is 7.57. The highest BCUT2D eigenvalue weighted by Gasteiger charge is 2.34. The number of hydrogen-bond acceptors (Lipinski definition) is 4. The van der Waals surface area contributed by atoms with Gasteiger partial charge in [0, 0.05) is 20.6 Å². The summed E-state index contributed by atoms with van der Waals surface area (Å²) in [7, 11) is 3.08. The van der Waals surface area contributed by atoms with Crippen molar-refractivity contribution < 1.29 is 19.0 Å². The minimum absolute atomic E-state index is 0.00852. The standard InChI is InChI=1S/C8H14O4/c1-5-8(9)6(10-2)4-7(11-3)12-5/h5-7H,4H2,1-3H3/t5-,6-,7?/m0/s1. The van der Waals surface area contributed by atoms with Gasteiger partial charge in [0.15, 0.2) is 12.1 Å². The van der Waals surface area contributed by atoms with Crippen LogP contribution in [0.3, 0.4) is 0 Å². The molecule has 0 aliphatic carbocycles. The summed E-state index contributed by atoms with van der Waals surface area (Å²) in [5, 5.41) is 0. The third-order valence-corrected chi connectivity index (χ3v) is 2.03. The molecule has 1 saturated heterocycles. The number of ketones is 1. The molecule has 1 rings (SSSR count). The van der Waals surface area contributed by atoms with Crippen LogP contribution in [-0.4, -0.2) is 38.5 Å². The lowest BCUT2D eigenvalue weighted by atomic mass is 10.0. The minimum atomic E-state index is -0.423. The normalized spacial score (nSPS) is 36.9. The van der Waals surface area contributed by atoms with Gasteiger partial charge in [0.05, 0.1) is 0 Å². The molecule has 0 amide bonds. The van der Waals surface area contributed by atoms with E-state index in [1.165, 1.54) is 7.11 Å². The molecule has 1 unspecified atom stereocenters. The van der Waals surface area contributed by atoms with Crippen LogP contribution in [0.5, 0.6) is 0 Å². The van der Waals surface area contributed by atoms with Gasteiger partial charge >= 0.3 is 0 Å². The first-order valence-corrected chi connectivity index (χ1v) is 3.93. The van der Waals surface area contributed by atoms with Gasteiger partial charge in [-0.15, -0.1) is 0 Å². The summed E-state index contributed by atoms with van der Waals surface area (Å²) in [6.07, 6.45) is -0.633. The van der Waals surface area contributed by atoms with E-state index in [-0.39, 0.29) is 18.2 Å². The lowest BCUT2D eigenvalue weighted by Crippen LogP contribution is -2.44. The topological polar surface area (TPSA) is 44.8 Å². The highest BCUT2D eigenvalue weighted by molar-refractivity contribution is 5.87. The van der Waals surface area contributed by atoms with Gasteiger partial charge in [-0.1, -0.05) is 0 Å². The van der Waals surface area contributed by atoms with Crippen LogP contribution in [0.15, 0.2) is 0 Å². The fraction of sp³-hybridized carbons (Fsp3) is 0.875. The van der Waals surface area contributed by atoms with Crippen LogP contribution in [0.2, 0.25) is 0 Å². The SMILES string of the molecule is COC1C[C@H](OC)C(=O)[C@H](C)O1. The van der Waals surface area contributed by atoms with Gasteiger partial charge in [-0.05, 0) is 6.92 Å². The molecule has 0 aromatic carbocycles. The summed E-state index contributed by atoms with van der Waals surface area (Å²) in [4.78, 5) is 11.3. The summed E-state index contributed by atoms with van der Waals surface area (Å²) in [5.41, 5.74) is 0. The molecular formula is C8H14O4. The van der Waals surface area contributed by atoms with Crippen LogP contribution < -0.4 is 0 Å². The molecule has 4 nitrogen and oxygen atoms in total. The number of ether oxygens (including phenoxy) is 3. The van der Waals surface area contributed by atoms with Crippen LogP contribution in [0.1, 0.15) is 13.3 Å². The summed E-state index contributed by atoms with van der Waals surface area (Å²) in [6.45, 7) is 1.71. The quantitative estimate of drug-likeness (QED) is 0.606. The number of Topliss-reactive ketones (excluding diaryl/α,β-unsaturated/α-hetero) is 1. The molecule has 1 aliphatic heterocycles. The van der Waals surface area contributed by atoms with E-state index >= 15 is 0 Å². The maximum Gasteiger partial charge on any atom is 0.190 e. The molecule has 1 aliphatic rings. The number of carbonyl (C=O) groups is 1. The number of hydrogen-bond donors (Lipinski definition) is 0. The average molecular weight is 174 g/mol. The van der Waals surface area contributed by atoms with Gasteiger partial charge in [0.1, 0.15) is 12.2 Å². The Bertz CT molecular complexity index is 168. The fourth-order valence-corrected chi connectivity index (χ4v) is 1.27. The van der Waals surface area contributed by atoms with E-state index in [1.54, 1.807) is 14.0 Å². The van der Waals surface area contributed by atoms with E-state index in [0.717, 1.165) is 0 Å². The number of rotatable bonds is 2. The van der Waals surface area contributed by atoms with Gasteiger partial charge < -0.3 is 14.2 Å². The zero-order valence-corrected chi connectivity index (χ0v) is 7.57. The Labute approximate surface area is 71.8 Å². The molecule has 0 aromatic rings. The van der Waals surface area contributed by atoms with Gasteiger partial charge in [-0.2, -0.15) is 0 Å². The smallest absolute Gasteiger partial charge is 0.190 e. The van der Waals surface area contributed by atoms with Crippen LogP contribution in [0.25, 0.3) is 0 Å². The lowest BCUT2D eigenvalue weighted by molar-refractivity contribution is -0.202. The molecule has 12 heavy (non-hydrogen) atoms. The highest BCUT2D eigenvalue weighted by Crippen LogP contribution is 2.18. The van der Waals surface area contributed by atoms with Crippen molar-refractivity contribution >= 4 is 5.78 Å². The largest absolute Gasteiger partial charge is 0.373 e. The molecule has 1 heterocycles. The van der Waals surface area contributed by atoms with Crippen molar-refractivity contribution in [2.24, 2.45) is 0 Å². The molecule has 0 bridgehead atoms. The average Bonchev–Trinajstić information content (AvgIpc) is 2.09. The van der Waals surface area contributed by atoms with Crippen molar-refractivity contribution in [3.8, 4) is 0 Å². The number of carbonyl (C=O) groups excluding carboxylic acids is 1. The Morgan fingerprint density at radius 1 is 1.42 bits per heavy atom. The van der Waals surface area contributed by atoms with Crippen molar-refractivity contribution in [1.82, 2.24) is 0 Å². The van der Waals surface area contributed by atoms with Crippen molar-refractivity contribution in [3.63, 3.8) is 0 Å². The van der Waals surface area contributed by atoms with E-state index in [2.05, 4.69) is 0 Å². The predicted molar refractivity (Wildman–Crippen MR) is 41.8 cm³/mol. The molecule has 4 heteroatoms. The van der Waals surface area contributed by atoms with Crippen molar-refractivity contribution in [2.75, 3.05) is 14.2 Å². The second-order valence-electron chi connectivity index (χ2n) is 2.81. The fourth-order valence-electron chi connectivity index (χ4n) is 1.27. The van der Waals surface area contributed by atoms with Crippen LogP contribution in [0, 0.1) is 0 Å². The molecule has 0 N–H and O–H groups in total. The monoisotopic (exact) mass is 174 g/mol. The molecule has 3 atom stereocenters. The van der Waals surface area contributed by atoms with E-state index in [0.29, 0.717) is 6.42 Å². The third kappa shape index (κ3) is 1.83. The number of methoxy groups -OCH3 is 2. The van der Waals surface area contributed by atoms with Crippen molar-refractivity contribution in [1.29, 1.82) is 0 Å². The maximum absolute atomic E-state index is 11.3. The minimum Gasteiger partial charge on any atom is -0.373 e. The Morgan fingerprint density at radius 3 is 2.58 bits per heavy atom. The van der Waals surface area contributed by atoms with Gasteiger partial charge in [0.2, 0.25) is 0 Å². The van der Waals surface area contributed by atoms with E-state index in [1.807, 2.05) is 0 Å². The summed E-state index contributed by atoms with van der Waals surface area (Å²) < 4.78 is 15.2. The third-order valence-electron chi connectivity index (χ3n) is 2.03. The maximum atomic E-state index is 11.3. The van der Waals surface area contributed by atoms with E-state index < -0.39 is 6.10 Å². The van der Waals surface area contributed by atoms with Gasteiger partial charge in [0.25, 0.3) is 0 Å². The first-order valence-electron chi connectivity index (χ1n) is 3.93. The first-order chi connectivity index (χ1) is 5.69. The molecule has 1 fully saturated rings. The molecule has 70 valence electrons. The van der Waals surface area contributed by atoms with Gasteiger partial charge in [-0.25, -0.2) is 0 Å². The van der Waals surface area contributed by atoms with Crippen molar-refractivity contribution in [2.45, 2.75) is 31.8 Å². The van der Waals surface area contributed by atoms with Crippen LogP contribution in [-0.2, 0) is 19.0 Å². The summed E-state index contributed by atoms with van der Waals surface area (Å²) in [6, 6.07) is 0. The van der Waals surface area contributed by atoms with Crippen LogP contribution >= 0.6 is 0 Å². The molecule has 0 aromatic heterocycles. The Morgan fingerprint density at radius 2 is 2.08 bits per heavy atom. The highest BCUT2D eigenvalue weighted by atomic mass is 16.7. The van der Waals surface area contributed by atoms with Crippen molar-refractivity contribution in [3.05, 3.63) is 0 Å². The van der Waals surface area contributed by atoms with Gasteiger partial charge in [-0.3, -0.25) is 4.79 Å².